The number of alkyl halides is 3. The molecule has 1 saturated heterocycles. The van der Waals surface area contributed by atoms with Crippen molar-refractivity contribution in [2.75, 3.05) is 0 Å². The average molecular weight is 441 g/mol. The van der Waals surface area contributed by atoms with Crippen molar-refractivity contribution in [3.63, 3.8) is 0 Å². The molecule has 2 aromatic rings. The van der Waals surface area contributed by atoms with E-state index in [4.69, 9.17) is 14.2 Å². The number of aryl methyl sites for hydroxylation is 1. The van der Waals surface area contributed by atoms with Crippen LogP contribution in [0.3, 0.4) is 0 Å². The molecule has 1 aliphatic rings. The number of esters is 2. The van der Waals surface area contributed by atoms with Crippen molar-refractivity contribution >= 4 is 27.9 Å². The quantitative estimate of drug-likeness (QED) is 0.529. The molecule has 0 bridgehead atoms. The minimum atomic E-state index is -3.60. The highest BCUT2D eigenvalue weighted by atomic mass is 79.9. The van der Waals surface area contributed by atoms with Crippen LogP contribution < -0.4 is 0 Å². The summed E-state index contributed by atoms with van der Waals surface area (Å²) in [4.78, 5) is 24.5. The highest BCUT2D eigenvalue weighted by Gasteiger charge is 2.62. The fraction of sp³-hybridized carbons (Fsp3) is 0.263. The van der Waals surface area contributed by atoms with Gasteiger partial charge in [-0.15, -0.1) is 0 Å². The van der Waals surface area contributed by atoms with Gasteiger partial charge in [-0.3, -0.25) is 0 Å². The zero-order valence-corrected chi connectivity index (χ0v) is 15.7. The Hall–Kier alpha value is -2.32. The number of carbonyl (C=O) groups excluding carboxylic acids is 2. The van der Waals surface area contributed by atoms with E-state index in [0.717, 1.165) is 0 Å². The SMILES string of the molecule is Cc1ccccc1C(=O)O[C@@H]1O[C@H](Br)C(F)(F)[C@@H]1OC(=O)c1ccccc1. The number of hydrogen-bond acceptors (Lipinski definition) is 5. The zero-order valence-electron chi connectivity index (χ0n) is 14.1. The Morgan fingerprint density at radius 1 is 1.00 bits per heavy atom. The number of carbonyl (C=O) groups is 2. The third-order valence-corrected chi connectivity index (χ3v) is 4.84. The van der Waals surface area contributed by atoms with Gasteiger partial charge in [-0.05, 0) is 30.7 Å². The second kappa shape index (κ2) is 7.74. The topological polar surface area (TPSA) is 61.8 Å². The molecule has 0 aromatic heterocycles. The molecular formula is C19H15BrF2O5. The number of benzene rings is 2. The van der Waals surface area contributed by atoms with Gasteiger partial charge in [0.2, 0.25) is 12.4 Å². The molecular weight excluding hydrogens is 426 g/mol. The maximum atomic E-state index is 14.4. The summed E-state index contributed by atoms with van der Waals surface area (Å²) in [6.07, 6.45) is -3.85. The Kier molecular flexibility index (Phi) is 5.57. The summed E-state index contributed by atoms with van der Waals surface area (Å²) in [7, 11) is 0. The van der Waals surface area contributed by atoms with E-state index in [0.29, 0.717) is 5.56 Å². The summed E-state index contributed by atoms with van der Waals surface area (Å²) < 4.78 is 43.9. The maximum Gasteiger partial charge on any atom is 0.340 e. The third kappa shape index (κ3) is 4.01. The van der Waals surface area contributed by atoms with Gasteiger partial charge in [0.1, 0.15) is 0 Å². The standard InChI is InChI=1S/C19H15BrF2O5/c1-11-7-5-6-10-13(11)16(24)26-17-14(19(21,22)18(20)27-17)25-15(23)12-8-3-2-4-9-12/h2-10,14,17-18H,1H3/t14-,17-,18+/m1/s1. The van der Waals surface area contributed by atoms with Crippen LogP contribution in [0.5, 0.6) is 0 Å². The largest absolute Gasteiger partial charge is 0.445 e. The predicted octanol–water partition coefficient (Wildman–Crippen LogP) is 4.09. The molecule has 3 atom stereocenters. The van der Waals surface area contributed by atoms with E-state index < -0.39 is 35.3 Å². The molecule has 8 heteroatoms. The Morgan fingerprint density at radius 2 is 1.63 bits per heavy atom. The van der Waals surface area contributed by atoms with E-state index in [2.05, 4.69) is 15.9 Å². The van der Waals surface area contributed by atoms with Gasteiger partial charge in [0, 0.05) is 0 Å². The van der Waals surface area contributed by atoms with E-state index in [-0.39, 0.29) is 11.1 Å². The molecule has 142 valence electrons. The number of halogens is 3. The van der Waals surface area contributed by atoms with Crippen LogP contribution in [-0.4, -0.2) is 35.3 Å². The Balaban J connectivity index is 1.80. The lowest BCUT2D eigenvalue weighted by Gasteiger charge is -2.22. The minimum absolute atomic E-state index is 0.0929. The Bertz CT molecular complexity index is 843. The van der Waals surface area contributed by atoms with E-state index in [1.807, 2.05) is 0 Å². The zero-order chi connectivity index (χ0) is 19.6. The first-order chi connectivity index (χ1) is 12.8. The Labute approximate surface area is 162 Å². The van der Waals surface area contributed by atoms with Crippen molar-refractivity contribution in [3.8, 4) is 0 Å². The van der Waals surface area contributed by atoms with Crippen molar-refractivity contribution in [3.05, 3.63) is 71.3 Å². The molecule has 1 fully saturated rings. The van der Waals surface area contributed by atoms with Crippen LogP contribution in [0.2, 0.25) is 0 Å². The third-order valence-electron chi connectivity index (χ3n) is 4.01. The van der Waals surface area contributed by atoms with Crippen LogP contribution in [0.4, 0.5) is 8.78 Å². The van der Waals surface area contributed by atoms with Gasteiger partial charge in [-0.1, -0.05) is 52.3 Å². The molecule has 27 heavy (non-hydrogen) atoms. The second-order valence-corrected chi connectivity index (χ2v) is 6.74. The summed E-state index contributed by atoms with van der Waals surface area (Å²) in [5.41, 5.74) is 0.909. The molecule has 0 spiro atoms. The van der Waals surface area contributed by atoms with E-state index in [1.165, 1.54) is 18.2 Å². The lowest BCUT2D eigenvalue weighted by atomic mass is 10.1. The maximum absolute atomic E-state index is 14.4. The van der Waals surface area contributed by atoms with Gasteiger partial charge in [0.05, 0.1) is 11.1 Å². The van der Waals surface area contributed by atoms with Crippen LogP contribution in [0.15, 0.2) is 54.6 Å². The summed E-state index contributed by atoms with van der Waals surface area (Å²) in [6, 6.07) is 14.2. The molecule has 1 heterocycles. The molecule has 1 aliphatic heterocycles. The highest BCUT2D eigenvalue weighted by molar-refractivity contribution is 9.09. The molecule has 0 unspecified atom stereocenters. The van der Waals surface area contributed by atoms with Gasteiger partial charge in [0.15, 0.2) is 5.01 Å². The van der Waals surface area contributed by atoms with Crippen LogP contribution in [0, 0.1) is 6.92 Å². The fourth-order valence-electron chi connectivity index (χ4n) is 2.54. The van der Waals surface area contributed by atoms with Crippen molar-refractivity contribution in [1.29, 1.82) is 0 Å². The molecule has 0 amide bonds. The number of ether oxygens (including phenoxy) is 3. The molecule has 0 saturated carbocycles. The first kappa shape index (κ1) is 19.4. The summed E-state index contributed by atoms with van der Waals surface area (Å²) in [5, 5.41) is -1.77. The normalized spacial score (nSPS) is 23.6. The van der Waals surface area contributed by atoms with Crippen LogP contribution in [0.1, 0.15) is 26.3 Å². The van der Waals surface area contributed by atoms with E-state index in [9.17, 15) is 18.4 Å². The second-order valence-electron chi connectivity index (χ2n) is 5.91. The van der Waals surface area contributed by atoms with Crippen molar-refractivity contribution in [1.82, 2.24) is 0 Å². The van der Waals surface area contributed by atoms with Crippen LogP contribution in [-0.2, 0) is 14.2 Å². The van der Waals surface area contributed by atoms with Gasteiger partial charge < -0.3 is 14.2 Å². The highest BCUT2D eigenvalue weighted by Crippen LogP contribution is 2.42. The summed E-state index contributed by atoms with van der Waals surface area (Å²) in [6.45, 7) is 1.68. The fourth-order valence-corrected chi connectivity index (χ4v) is 3.02. The molecule has 5 nitrogen and oxygen atoms in total. The lowest BCUT2D eigenvalue weighted by molar-refractivity contribution is -0.139. The van der Waals surface area contributed by atoms with Crippen molar-refractivity contribution in [2.24, 2.45) is 0 Å². The molecule has 0 radical (unpaired) electrons. The van der Waals surface area contributed by atoms with Crippen molar-refractivity contribution < 1.29 is 32.6 Å². The van der Waals surface area contributed by atoms with Gasteiger partial charge in [0.25, 0.3) is 0 Å². The molecule has 0 aliphatic carbocycles. The van der Waals surface area contributed by atoms with Crippen molar-refractivity contribution in [2.45, 2.75) is 30.3 Å². The summed E-state index contributed by atoms with van der Waals surface area (Å²) >= 11 is 2.69. The average Bonchev–Trinajstić information content (AvgIpc) is 2.85. The van der Waals surface area contributed by atoms with Gasteiger partial charge >= 0.3 is 17.9 Å². The predicted molar refractivity (Wildman–Crippen MR) is 94.8 cm³/mol. The monoisotopic (exact) mass is 440 g/mol. The Morgan fingerprint density at radius 3 is 2.30 bits per heavy atom. The van der Waals surface area contributed by atoms with E-state index >= 15 is 0 Å². The number of rotatable bonds is 4. The molecule has 2 aromatic carbocycles. The smallest absolute Gasteiger partial charge is 0.340 e. The molecule has 3 rings (SSSR count). The number of hydrogen-bond donors (Lipinski definition) is 0. The van der Waals surface area contributed by atoms with Crippen LogP contribution >= 0.6 is 15.9 Å². The molecule has 0 N–H and O–H groups in total. The lowest BCUT2D eigenvalue weighted by Crippen LogP contribution is -2.43. The first-order valence-electron chi connectivity index (χ1n) is 8.00. The van der Waals surface area contributed by atoms with Gasteiger partial charge in [-0.2, -0.15) is 8.78 Å². The van der Waals surface area contributed by atoms with Crippen LogP contribution in [0.25, 0.3) is 0 Å². The summed E-state index contributed by atoms with van der Waals surface area (Å²) in [5.74, 6) is -5.42. The van der Waals surface area contributed by atoms with Gasteiger partial charge in [-0.25, -0.2) is 9.59 Å². The minimum Gasteiger partial charge on any atom is -0.445 e. The van der Waals surface area contributed by atoms with E-state index in [1.54, 1.807) is 43.3 Å². The first-order valence-corrected chi connectivity index (χ1v) is 8.92.